The van der Waals surface area contributed by atoms with E-state index in [1.165, 1.54) is 16.6 Å². The van der Waals surface area contributed by atoms with Crippen molar-refractivity contribution in [1.29, 1.82) is 0 Å². The van der Waals surface area contributed by atoms with Crippen LogP contribution in [-0.4, -0.2) is 36.9 Å². The number of benzene rings is 1. The van der Waals surface area contributed by atoms with Crippen LogP contribution in [-0.2, 0) is 20.6 Å². The van der Waals surface area contributed by atoms with Gasteiger partial charge in [-0.15, -0.1) is 0 Å². The third-order valence-electron chi connectivity index (χ3n) is 3.08. The van der Waals surface area contributed by atoms with Crippen molar-refractivity contribution < 1.29 is 17.7 Å². The number of hydrogen-bond acceptors (Lipinski definition) is 5. The van der Waals surface area contributed by atoms with Gasteiger partial charge in [0.2, 0.25) is 15.9 Å². The van der Waals surface area contributed by atoms with Crippen LogP contribution < -0.4 is 5.32 Å². The largest absolute Gasteiger partial charge is 0.363 e. The molecule has 0 radical (unpaired) electrons. The highest BCUT2D eigenvalue weighted by molar-refractivity contribution is 7.88. The molecule has 1 heterocycles. The molecule has 1 amide bonds. The van der Waals surface area contributed by atoms with Gasteiger partial charge < -0.3 is 9.84 Å². The van der Waals surface area contributed by atoms with Crippen LogP contribution in [0.5, 0.6) is 0 Å². The van der Waals surface area contributed by atoms with Crippen molar-refractivity contribution in [3.05, 3.63) is 48.2 Å². The van der Waals surface area contributed by atoms with Crippen LogP contribution in [0.1, 0.15) is 18.9 Å². The lowest BCUT2D eigenvalue weighted by Crippen LogP contribution is -2.39. The number of sulfonamides is 1. The molecular formula is C15H19N3O4S. The number of anilines is 1. The van der Waals surface area contributed by atoms with Crippen molar-refractivity contribution in [2.45, 2.75) is 19.1 Å². The van der Waals surface area contributed by atoms with E-state index in [0.717, 1.165) is 0 Å². The van der Waals surface area contributed by atoms with E-state index in [1.54, 1.807) is 24.3 Å². The van der Waals surface area contributed by atoms with E-state index in [2.05, 4.69) is 15.0 Å². The van der Waals surface area contributed by atoms with Gasteiger partial charge in [0.25, 0.3) is 0 Å². The number of hydrogen-bond donors (Lipinski definition) is 1. The second-order valence-corrected chi connectivity index (χ2v) is 6.98. The molecule has 0 saturated heterocycles. The fourth-order valence-corrected chi connectivity index (χ4v) is 3.63. The SMILES string of the molecule is CCCN(CC(=O)Nc1ccon1)S(=O)(=O)Cc1ccccc1. The molecule has 124 valence electrons. The Kier molecular flexibility index (Phi) is 5.89. The van der Waals surface area contributed by atoms with Crippen molar-refractivity contribution in [3.63, 3.8) is 0 Å². The number of aromatic nitrogens is 1. The van der Waals surface area contributed by atoms with E-state index in [0.29, 0.717) is 12.0 Å². The fourth-order valence-electron chi connectivity index (χ4n) is 2.06. The molecule has 23 heavy (non-hydrogen) atoms. The average molecular weight is 337 g/mol. The maximum atomic E-state index is 12.5. The van der Waals surface area contributed by atoms with Gasteiger partial charge in [-0.05, 0) is 12.0 Å². The van der Waals surface area contributed by atoms with Gasteiger partial charge in [-0.2, -0.15) is 4.31 Å². The minimum Gasteiger partial charge on any atom is -0.363 e. The average Bonchev–Trinajstić information content (AvgIpc) is 3.00. The van der Waals surface area contributed by atoms with Gasteiger partial charge in [0, 0.05) is 12.6 Å². The molecule has 0 aliphatic heterocycles. The number of rotatable bonds is 8. The Morgan fingerprint density at radius 1 is 1.26 bits per heavy atom. The molecule has 7 nitrogen and oxygen atoms in total. The summed E-state index contributed by atoms with van der Waals surface area (Å²) in [6, 6.07) is 10.4. The van der Waals surface area contributed by atoms with E-state index < -0.39 is 15.9 Å². The number of nitrogens with zero attached hydrogens (tertiary/aromatic N) is 2. The van der Waals surface area contributed by atoms with Crippen LogP contribution in [0.4, 0.5) is 5.82 Å². The quantitative estimate of drug-likeness (QED) is 0.793. The van der Waals surface area contributed by atoms with Crippen molar-refractivity contribution in [3.8, 4) is 0 Å². The number of nitrogens with one attached hydrogen (secondary N) is 1. The Morgan fingerprint density at radius 3 is 2.61 bits per heavy atom. The molecule has 0 unspecified atom stereocenters. The molecule has 0 spiro atoms. The maximum absolute atomic E-state index is 12.5. The first-order valence-corrected chi connectivity index (χ1v) is 8.84. The first kappa shape index (κ1) is 17.2. The van der Waals surface area contributed by atoms with Gasteiger partial charge in [-0.25, -0.2) is 8.42 Å². The standard InChI is InChI=1S/C15H19N3O4S/c1-2-9-18(11-15(19)16-14-8-10-22-17-14)23(20,21)12-13-6-4-3-5-7-13/h3-8,10H,2,9,11-12H2,1H3,(H,16,17,19). The first-order valence-electron chi connectivity index (χ1n) is 7.23. The Morgan fingerprint density at radius 2 is 2.00 bits per heavy atom. The second kappa shape index (κ2) is 7.89. The molecule has 0 saturated carbocycles. The summed E-state index contributed by atoms with van der Waals surface area (Å²) in [7, 11) is -3.58. The number of carbonyl (C=O) groups is 1. The predicted octanol–water partition coefficient (Wildman–Crippen LogP) is 1.86. The van der Waals surface area contributed by atoms with Crippen LogP contribution in [0.25, 0.3) is 0 Å². The van der Waals surface area contributed by atoms with Crippen LogP contribution in [0, 0.1) is 0 Å². The maximum Gasteiger partial charge on any atom is 0.240 e. The summed E-state index contributed by atoms with van der Waals surface area (Å²) < 4.78 is 30.9. The summed E-state index contributed by atoms with van der Waals surface area (Å²) in [4.78, 5) is 12.0. The highest BCUT2D eigenvalue weighted by Gasteiger charge is 2.24. The van der Waals surface area contributed by atoms with E-state index >= 15 is 0 Å². The van der Waals surface area contributed by atoms with E-state index in [1.807, 2.05) is 13.0 Å². The summed E-state index contributed by atoms with van der Waals surface area (Å²) in [6.45, 7) is 1.89. The van der Waals surface area contributed by atoms with Gasteiger partial charge in [-0.3, -0.25) is 4.79 Å². The van der Waals surface area contributed by atoms with Crippen molar-refractivity contribution in [1.82, 2.24) is 9.46 Å². The molecule has 8 heteroatoms. The molecule has 0 aliphatic carbocycles. The zero-order valence-corrected chi connectivity index (χ0v) is 13.6. The molecule has 1 aromatic carbocycles. The van der Waals surface area contributed by atoms with Crippen molar-refractivity contribution >= 4 is 21.7 Å². The zero-order chi connectivity index (χ0) is 16.7. The minimum atomic E-state index is -3.58. The summed E-state index contributed by atoms with van der Waals surface area (Å²) in [5.74, 6) is -0.332. The Balaban J connectivity index is 2.05. The van der Waals surface area contributed by atoms with Gasteiger partial charge >= 0.3 is 0 Å². The van der Waals surface area contributed by atoms with E-state index in [9.17, 15) is 13.2 Å². The predicted molar refractivity (Wildman–Crippen MR) is 86.1 cm³/mol. The molecule has 1 aromatic heterocycles. The van der Waals surface area contributed by atoms with Crippen LogP contribution >= 0.6 is 0 Å². The lowest BCUT2D eigenvalue weighted by molar-refractivity contribution is -0.116. The summed E-state index contributed by atoms with van der Waals surface area (Å²) in [5, 5.41) is 6.06. The van der Waals surface area contributed by atoms with Crippen molar-refractivity contribution in [2.24, 2.45) is 0 Å². The van der Waals surface area contributed by atoms with Gasteiger partial charge in [0.05, 0.1) is 12.3 Å². The van der Waals surface area contributed by atoms with Gasteiger partial charge in [-0.1, -0.05) is 42.4 Å². The number of carbonyl (C=O) groups excluding carboxylic acids is 1. The highest BCUT2D eigenvalue weighted by atomic mass is 32.2. The van der Waals surface area contributed by atoms with Crippen LogP contribution in [0.3, 0.4) is 0 Å². The lowest BCUT2D eigenvalue weighted by Gasteiger charge is -2.21. The first-order chi connectivity index (χ1) is 11.0. The Bertz CT molecular complexity index is 714. The summed E-state index contributed by atoms with van der Waals surface area (Å²) in [6.07, 6.45) is 1.94. The van der Waals surface area contributed by atoms with E-state index in [-0.39, 0.29) is 24.7 Å². The molecule has 2 rings (SSSR count). The van der Waals surface area contributed by atoms with Crippen LogP contribution in [0.15, 0.2) is 47.2 Å². The Labute approximate surface area is 135 Å². The third-order valence-corrected chi connectivity index (χ3v) is 4.88. The molecule has 1 N–H and O–H groups in total. The fraction of sp³-hybridized carbons (Fsp3) is 0.333. The van der Waals surface area contributed by atoms with Gasteiger partial charge in [0.1, 0.15) is 6.26 Å². The minimum absolute atomic E-state index is 0.134. The highest BCUT2D eigenvalue weighted by Crippen LogP contribution is 2.12. The topological polar surface area (TPSA) is 92.5 Å². The molecule has 2 aromatic rings. The smallest absolute Gasteiger partial charge is 0.240 e. The molecule has 0 bridgehead atoms. The molecule has 0 fully saturated rings. The molecule has 0 atom stereocenters. The normalized spacial score (nSPS) is 11.6. The van der Waals surface area contributed by atoms with E-state index in [4.69, 9.17) is 0 Å². The van der Waals surface area contributed by atoms with Crippen LogP contribution in [0.2, 0.25) is 0 Å². The number of amides is 1. The third kappa shape index (κ3) is 5.19. The lowest BCUT2D eigenvalue weighted by atomic mass is 10.2. The molecular weight excluding hydrogens is 318 g/mol. The zero-order valence-electron chi connectivity index (χ0n) is 12.8. The monoisotopic (exact) mass is 337 g/mol. The second-order valence-electron chi connectivity index (χ2n) is 5.01. The van der Waals surface area contributed by atoms with Gasteiger partial charge in [0.15, 0.2) is 5.82 Å². The molecule has 0 aliphatic rings. The summed E-state index contributed by atoms with van der Waals surface area (Å²) in [5.41, 5.74) is 0.686. The summed E-state index contributed by atoms with van der Waals surface area (Å²) >= 11 is 0. The van der Waals surface area contributed by atoms with Crippen molar-refractivity contribution in [2.75, 3.05) is 18.4 Å². The Hall–Kier alpha value is -2.19.